The van der Waals surface area contributed by atoms with Gasteiger partial charge in [-0.05, 0) is 18.6 Å². The molecule has 0 bridgehead atoms. The summed E-state index contributed by atoms with van der Waals surface area (Å²) in [6.45, 7) is 2.53. The average molecular weight is 296 g/mol. The van der Waals surface area contributed by atoms with Crippen molar-refractivity contribution >= 4 is 28.8 Å². The second-order valence-electron chi connectivity index (χ2n) is 4.01. The van der Waals surface area contributed by atoms with E-state index in [1.54, 1.807) is 29.0 Å². The molecule has 0 atom stereocenters. The van der Waals surface area contributed by atoms with Crippen molar-refractivity contribution in [3.05, 3.63) is 45.1 Å². The standard InChI is InChI=1S/C13H14ClN3OS/c1-2-10-5-9(6-12(14)17-10)13(18)15-4-3-11-7-19-8-16-11/h5-8H,2-4H2,1H3,(H,15,18). The van der Waals surface area contributed by atoms with Crippen LogP contribution >= 0.6 is 22.9 Å². The normalized spacial score (nSPS) is 10.4. The zero-order chi connectivity index (χ0) is 13.7. The molecule has 4 nitrogen and oxygen atoms in total. The maximum Gasteiger partial charge on any atom is 0.251 e. The van der Waals surface area contributed by atoms with E-state index < -0.39 is 0 Å². The number of amides is 1. The average Bonchev–Trinajstić information content (AvgIpc) is 2.91. The van der Waals surface area contributed by atoms with Crippen LogP contribution in [0.2, 0.25) is 5.15 Å². The maximum atomic E-state index is 12.0. The van der Waals surface area contributed by atoms with Gasteiger partial charge < -0.3 is 5.32 Å². The van der Waals surface area contributed by atoms with E-state index in [1.165, 1.54) is 0 Å². The van der Waals surface area contributed by atoms with Crippen molar-refractivity contribution in [2.75, 3.05) is 6.54 Å². The van der Waals surface area contributed by atoms with Crippen molar-refractivity contribution < 1.29 is 4.79 Å². The Hall–Kier alpha value is -1.46. The molecule has 1 amide bonds. The highest BCUT2D eigenvalue weighted by molar-refractivity contribution is 7.07. The van der Waals surface area contributed by atoms with E-state index in [0.717, 1.165) is 24.2 Å². The van der Waals surface area contributed by atoms with Gasteiger partial charge in [0, 0.05) is 29.6 Å². The van der Waals surface area contributed by atoms with Crippen molar-refractivity contribution in [1.82, 2.24) is 15.3 Å². The molecule has 19 heavy (non-hydrogen) atoms. The number of aryl methyl sites for hydroxylation is 1. The van der Waals surface area contributed by atoms with Crippen LogP contribution in [0.4, 0.5) is 0 Å². The third kappa shape index (κ3) is 4.01. The second-order valence-corrected chi connectivity index (χ2v) is 5.12. The van der Waals surface area contributed by atoms with Gasteiger partial charge in [0.05, 0.1) is 11.2 Å². The molecule has 2 aromatic heterocycles. The Kier molecular flexibility index (Phi) is 4.87. The lowest BCUT2D eigenvalue weighted by molar-refractivity contribution is 0.0954. The SMILES string of the molecule is CCc1cc(C(=O)NCCc2cscn2)cc(Cl)n1. The molecule has 0 spiro atoms. The number of pyridine rings is 1. The van der Waals surface area contributed by atoms with Crippen LogP contribution < -0.4 is 5.32 Å². The molecule has 1 N–H and O–H groups in total. The number of aromatic nitrogens is 2. The van der Waals surface area contributed by atoms with Crippen LogP contribution in [0.3, 0.4) is 0 Å². The summed E-state index contributed by atoms with van der Waals surface area (Å²) in [6, 6.07) is 3.35. The number of carbonyl (C=O) groups excluding carboxylic acids is 1. The highest BCUT2D eigenvalue weighted by atomic mass is 35.5. The Morgan fingerprint density at radius 3 is 2.95 bits per heavy atom. The monoisotopic (exact) mass is 295 g/mol. The molecule has 0 fully saturated rings. The van der Waals surface area contributed by atoms with Crippen LogP contribution in [0.25, 0.3) is 0 Å². The number of hydrogen-bond acceptors (Lipinski definition) is 4. The molecule has 0 aliphatic carbocycles. The molecule has 2 heterocycles. The summed E-state index contributed by atoms with van der Waals surface area (Å²) in [6.07, 6.45) is 1.48. The summed E-state index contributed by atoms with van der Waals surface area (Å²) < 4.78 is 0. The van der Waals surface area contributed by atoms with Gasteiger partial charge in [0.2, 0.25) is 0 Å². The molecule has 0 aromatic carbocycles. The minimum absolute atomic E-state index is 0.130. The molecule has 2 aromatic rings. The fraction of sp³-hybridized carbons (Fsp3) is 0.308. The second kappa shape index (κ2) is 6.63. The summed E-state index contributed by atoms with van der Waals surface area (Å²) in [5.41, 5.74) is 4.15. The molecule has 0 aliphatic heterocycles. The fourth-order valence-electron chi connectivity index (χ4n) is 1.63. The molecule has 0 radical (unpaired) electrons. The van der Waals surface area contributed by atoms with Crippen molar-refractivity contribution in [2.24, 2.45) is 0 Å². The highest BCUT2D eigenvalue weighted by Gasteiger charge is 2.08. The van der Waals surface area contributed by atoms with Gasteiger partial charge in [0.25, 0.3) is 5.91 Å². The van der Waals surface area contributed by atoms with E-state index in [2.05, 4.69) is 15.3 Å². The van der Waals surface area contributed by atoms with Crippen LogP contribution in [0, 0.1) is 0 Å². The van der Waals surface area contributed by atoms with E-state index in [9.17, 15) is 4.79 Å². The number of thiazole rings is 1. The van der Waals surface area contributed by atoms with Gasteiger partial charge >= 0.3 is 0 Å². The first-order valence-corrected chi connectivity index (χ1v) is 7.33. The van der Waals surface area contributed by atoms with Crippen LogP contribution in [0.1, 0.15) is 28.7 Å². The third-order valence-corrected chi connectivity index (χ3v) is 3.45. The van der Waals surface area contributed by atoms with Crippen LogP contribution in [0.5, 0.6) is 0 Å². The first-order valence-electron chi connectivity index (χ1n) is 6.00. The number of nitrogens with one attached hydrogen (secondary N) is 1. The smallest absolute Gasteiger partial charge is 0.251 e. The van der Waals surface area contributed by atoms with Crippen molar-refractivity contribution in [3.63, 3.8) is 0 Å². The van der Waals surface area contributed by atoms with E-state index >= 15 is 0 Å². The Bertz CT molecular complexity index is 557. The number of carbonyl (C=O) groups is 1. The molecule has 0 unspecified atom stereocenters. The number of hydrogen-bond donors (Lipinski definition) is 1. The molecule has 100 valence electrons. The minimum Gasteiger partial charge on any atom is -0.352 e. The first-order chi connectivity index (χ1) is 9.19. The van der Waals surface area contributed by atoms with Crippen LogP contribution in [-0.4, -0.2) is 22.4 Å². The molecule has 0 aliphatic rings. The number of nitrogens with zero attached hydrogens (tertiary/aromatic N) is 2. The summed E-state index contributed by atoms with van der Waals surface area (Å²) >= 11 is 7.44. The fourth-order valence-corrected chi connectivity index (χ4v) is 2.45. The van der Waals surface area contributed by atoms with Gasteiger partial charge in [0.1, 0.15) is 5.15 Å². The van der Waals surface area contributed by atoms with Crippen LogP contribution in [0.15, 0.2) is 23.0 Å². The van der Waals surface area contributed by atoms with Crippen molar-refractivity contribution in [1.29, 1.82) is 0 Å². The van der Waals surface area contributed by atoms with E-state index in [4.69, 9.17) is 11.6 Å². The van der Waals surface area contributed by atoms with E-state index in [0.29, 0.717) is 17.3 Å². The van der Waals surface area contributed by atoms with E-state index in [1.807, 2.05) is 12.3 Å². The predicted octanol–water partition coefficient (Wildman–Crippen LogP) is 2.73. The first kappa shape index (κ1) is 14.0. The van der Waals surface area contributed by atoms with Crippen molar-refractivity contribution in [3.8, 4) is 0 Å². The summed E-state index contributed by atoms with van der Waals surface area (Å²) in [7, 11) is 0. The summed E-state index contributed by atoms with van der Waals surface area (Å²) in [5.74, 6) is -0.130. The predicted molar refractivity (Wildman–Crippen MR) is 76.8 cm³/mol. The lowest BCUT2D eigenvalue weighted by atomic mass is 10.2. The number of rotatable bonds is 5. The molecule has 0 saturated heterocycles. The van der Waals surface area contributed by atoms with Gasteiger partial charge in [-0.2, -0.15) is 0 Å². The summed E-state index contributed by atoms with van der Waals surface area (Å²) in [4.78, 5) is 20.3. The minimum atomic E-state index is -0.130. The Morgan fingerprint density at radius 2 is 2.26 bits per heavy atom. The number of halogens is 1. The Labute approximate surface area is 120 Å². The third-order valence-electron chi connectivity index (χ3n) is 2.62. The largest absolute Gasteiger partial charge is 0.352 e. The van der Waals surface area contributed by atoms with Gasteiger partial charge in [-0.15, -0.1) is 11.3 Å². The van der Waals surface area contributed by atoms with Gasteiger partial charge in [-0.3, -0.25) is 4.79 Å². The topological polar surface area (TPSA) is 54.9 Å². The quantitative estimate of drug-likeness (QED) is 0.863. The Balaban J connectivity index is 1.94. The van der Waals surface area contributed by atoms with Gasteiger partial charge in [-0.1, -0.05) is 18.5 Å². The molecule has 6 heteroatoms. The lowest BCUT2D eigenvalue weighted by Crippen LogP contribution is -2.26. The Morgan fingerprint density at radius 1 is 1.42 bits per heavy atom. The highest BCUT2D eigenvalue weighted by Crippen LogP contribution is 2.11. The molecular weight excluding hydrogens is 282 g/mol. The van der Waals surface area contributed by atoms with Crippen molar-refractivity contribution in [2.45, 2.75) is 19.8 Å². The zero-order valence-electron chi connectivity index (χ0n) is 10.5. The van der Waals surface area contributed by atoms with E-state index in [-0.39, 0.29) is 5.91 Å². The molecule has 2 rings (SSSR count). The van der Waals surface area contributed by atoms with Gasteiger partial charge in [0.15, 0.2) is 0 Å². The molecular formula is C13H14ClN3OS. The summed E-state index contributed by atoms with van der Waals surface area (Å²) in [5, 5.41) is 5.18. The van der Waals surface area contributed by atoms with Crippen LogP contribution in [-0.2, 0) is 12.8 Å². The van der Waals surface area contributed by atoms with Gasteiger partial charge in [-0.25, -0.2) is 9.97 Å². The maximum absolute atomic E-state index is 12.0. The lowest BCUT2D eigenvalue weighted by Gasteiger charge is -2.06. The zero-order valence-corrected chi connectivity index (χ0v) is 12.1. The molecule has 0 saturated carbocycles.